The number of hydrogen-bond donors (Lipinski definition) is 3. The maximum absolute atomic E-state index is 14.3. The number of hydrogen-bond acceptors (Lipinski definition) is 13. The SMILES string of the molecule is CC[C@@H](O)[C@@](C)(O)[C@@H]1OC(=O)[C@H](C)[C@@H](O[C@H]2CC3(OC)O[C@H]3C(C)O2)[C@H](C)C(O[C@@H]2OC(C)CC(N(C)C)C2O)[C@@]2(C)CC(C)C(O2)[C@@H]1C. The number of rotatable bonds is 9. The van der Waals surface area contributed by atoms with Crippen LogP contribution in [0.5, 0.6) is 0 Å². The van der Waals surface area contributed by atoms with Crippen LogP contribution >= 0.6 is 0 Å². The molecule has 19 atom stereocenters. The monoisotopic (exact) mass is 701 g/mol. The number of nitrogens with zero attached hydrogens (tertiary/aromatic N) is 1. The predicted octanol–water partition coefficient (Wildman–Crippen LogP) is 2.60. The summed E-state index contributed by atoms with van der Waals surface area (Å²) in [6.45, 7) is 16.8. The third-order valence-electron chi connectivity index (χ3n) is 12.2. The van der Waals surface area contributed by atoms with Crippen LogP contribution in [-0.2, 0) is 42.7 Å². The zero-order chi connectivity index (χ0) is 36.4. The lowest BCUT2D eigenvalue weighted by Gasteiger charge is -2.47. The van der Waals surface area contributed by atoms with E-state index in [0.717, 1.165) is 0 Å². The lowest BCUT2D eigenvalue weighted by atomic mass is 9.76. The van der Waals surface area contributed by atoms with Crippen LogP contribution < -0.4 is 0 Å². The third kappa shape index (κ3) is 7.33. The highest BCUT2D eigenvalue weighted by atomic mass is 16.8. The molecular weight excluding hydrogens is 638 g/mol. The molecule has 3 N–H and O–H groups in total. The van der Waals surface area contributed by atoms with E-state index in [4.69, 9.17) is 37.9 Å². The van der Waals surface area contributed by atoms with E-state index in [9.17, 15) is 20.1 Å². The molecule has 284 valence electrons. The number of likely N-dealkylation sites (N-methyl/N-ethyl adjacent to an activating group) is 1. The molecule has 0 saturated carbocycles. The van der Waals surface area contributed by atoms with Gasteiger partial charge in [0.25, 0.3) is 0 Å². The first kappa shape index (κ1) is 39.2. The molecule has 0 amide bonds. The molecule has 5 aliphatic heterocycles. The molecule has 0 aromatic rings. The highest BCUT2D eigenvalue weighted by molar-refractivity contribution is 5.73. The van der Waals surface area contributed by atoms with Crippen molar-refractivity contribution in [3.05, 3.63) is 0 Å². The number of aliphatic hydroxyl groups excluding tert-OH is 2. The zero-order valence-electron chi connectivity index (χ0n) is 31.5. The molecule has 8 unspecified atom stereocenters. The van der Waals surface area contributed by atoms with Gasteiger partial charge in [-0.25, -0.2) is 0 Å². The molecule has 13 heteroatoms. The summed E-state index contributed by atoms with van der Waals surface area (Å²) >= 11 is 0. The summed E-state index contributed by atoms with van der Waals surface area (Å²) in [5.41, 5.74) is -2.69. The Morgan fingerprint density at radius 2 is 1.71 bits per heavy atom. The Kier molecular flexibility index (Phi) is 11.6. The lowest BCUT2D eigenvalue weighted by Crippen LogP contribution is -2.59. The summed E-state index contributed by atoms with van der Waals surface area (Å²) in [6.07, 6.45) is -5.88. The molecule has 0 aromatic carbocycles. The van der Waals surface area contributed by atoms with E-state index in [0.29, 0.717) is 19.3 Å². The van der Waals surface area contributed by atoms with E-state index in [1.807, 2.05) is 53.6 Å². The fraction of sp³-hybridized carbons (Fsp3) is 0.972. The van der Waals surface area contributed by atoms with Gasteiger partial charge in [0.1, 0.15) is 23.9 Å². The number of cyclic esters (lactones) is 1. The molecule has 2 bridgehead atoms. The first-order valence-corrected chi connectivity index (χ1v) is 18.3. The number of fused-ring (bicyclic) bond motifs is 3. The number of methoxy groups -OCH3 is 1. The minimum Gasteiger partial charge on any atom is -0.459 e. The van der Waals surface area contributed by atoms with Crippen LogP contribution in [-0.4, -0.2) is 138 Å². The van der Waals surface area contributed by atoms with Gasteiger partial charge >= 0.3 is 5.97 Å². The molecule has 0 aliphatic carbocycles. The van der Waals surface area contributed by atoms with Gasteiger partial charge in [-0.3, -0.25) is 4.79 Å². The van der Waals surface area contributed by atoms with Gasteiger partial charge in [0, 0.05) is 25.0 Å². The number of esters is 1. The average molecular weight is 702 g/mol. The number of carbonyl (C=O) groups excluding carboxylic acids is 1. The Hall–Kier alpha value is -0.970. The van der Waals surface area contributed by atoms with Gasteiger partial charge in [0.2, 0.25) is 5.79 Å². The Morgan fingerprint density at radius 3 is 2.33 bits per heavy atom. The van der Waals surface area contributed by atoms with Crippen molar-refractivity contribution in [2.24, 2.45) is 23.7 Å². The Bertz CT molecular complexity index is 1160. The molecule has 0 radical (unpaired) electrons. The van der Waals surface area contributed by atoms with Crippen LogP contribution in [0, 0.1) is 23.7 Å². The molecule has 5 heterocycles. The average Bonchev–Trinajstić information content (AvgIpc) is 3.70. The van der Waals surface area contributed by atoms with Gasteiger partial charge in [0.05, 0.1) is 54.6 Å². The number of aliphatic hydroxyl groups is 3. The van der Waals surface area contributed by atoms with Crippen LogP contribution in [0.25, 0.3) is 0 Å². The highest BCUT2D eigenvalue weighted by Crippen LogP contribution is 2.51. The molecule has 13 nitrogen and oxygen atoms in total. The molecular formula is C36H63NO12. The number of epoxide rings is 1. The normalized spacial score (nSPS) is 50.9. The van der Waals surface area contributed by atoms with Gasteiger partial charge < -0.3 is 58.1 Å². The van der Waals surface area contributed by atoms with Crippen LogP contribution in [0.4, 0.5) is 0 Å². The van der Waals surface area contributed by atoms with Crippen molar-refractivity contribution in [1.29, 1.82) is 0 Å². The van der Waals surface area contributed by atoms with Gasteiger partial charge in [-0.1, -0.05) is 27.7 Å². The lowest BCUT2D eigenvalue weighted by molar-refractivity contribution is -0.308. The van der Waals surface area contributed by atoms with Crippen molar-refractivity contribution >= 4 is 5.97 Å². The molecule has 49 heavy (non-hydrogen) atoms. The summed E-state index contributed by atoms with van der Waals surface area (Å²) < 4.78 is 51.1. The summed E-state index contributed by atoms with van der Waals surface area (Å²) in [4.78, 5) is 16.2. The second-order valence-corrected chi connectivity index (χ2v) is 16.3. The van der Waals surface area contributed by atoms with E-state index in [2.05, 4.69) is 6.92 Å². The van der Waals surface area contributed by atoms with Crippen molar-refractivity contribution in [3.8, 4) is 0 Å². The maximum atomic E-state index is 14.3. The second-order valence-electron chi connectivity index (χ2n) is 16.3. The van der Waals surface area contributed by atoms with Crippen LogP contribution in [0.1, 0.15) is 88.0 Å². The van der Waals surface area contributed by atoms with Crippen molar-refractivity contribution in [3.63, 3.8) is 0 Å². The Labute approximate surface area is 292 Å². The van der Waals surface area contributed by atoms with Crippen molar-refractivity contribution in [2.75, 3.05) is 21.2 Å². The van der Waals surface area contributed by atoms with Crippen LogP contribution in [0.2, 0.25) is 0 Å². The first-order valence-electron chi connectivity index (χ1n) is 18.3. The minimum atomic E-state index is -1.76. The van der Waals surface area contributed by atoms with Gasteiger partial charge in [-0.05, 0) is 73.9 Å². The van der Waals surface area contributed by atoms with Gasteiger partial charge in [-0.15, -0.1) is 0 Å². The van der Waals surface area contributed by atoms with E-state index in [1.54, 1.807) is 21.0 Å². The van der Waals surface area contributed by atoms with Gasteiger partial charge in [-0.2, -0.15) is 0 Å². The predicted molar refractivity (Wildman–Crippen MR) is 177 cm³/mol. The van der Waals surface area contributed by atoms with E-state index >= 15 is 0 Å². The van der Waals surface area contributed by atoms with Crippen LogP contribution in [0.3, 0.4) is 0 Å². The quantitative estimate of drug-likeness (QED) is 0.238. The topological polar surface area (TPSA) is 158 Å². The molecule has 5 saturated heterocycles. The highest BCUT2D eigenvalue weighted by Gasteiger charge is 2.66. The first-order chi connectivity index (χ1) is 22.8. The zero-order valence-corrected chi connectivity index (χ0v) is 31.5. The fourth-order valence-corrected chi connectivity index (χ4v) is 9.33. The largest absolute Gasteiger partial charge is 0.459 e. The van der Waals surface area contributed by atoms with Gasteiger partial charge in [0.15, 0.2) is 12.6 Å². The van der Waals surface area contributed by atoms with Crippen molar-refractivity contribution in [2.45, 2.75) is 179 Å². The number of carbonyl (C=O) groups is 1. The summed E-state index contributed by atoms with van der Waals surface area (Å²) in [7, 11) is 5.45. The fourth-order valence-electron chi connectivity index (χ4n) is 9.33. The van der Waals surface area contributed by atoms with Crippen molar-refractivity contribution < 1.29 is 58.0 Å². The second kappa shape index (κ2) is 14.5. The van der Waals surface area contributed by atoms with E-state index < -0.39 is 89.9 Å². The minimum absolute atomic E-state index is 0.0380. The molecule has 5 fully saturated rings. The van der Waals surface area contributed by atoms with E-state index in [-0.39, 0.29) is 36.7 Å². The van der Waals surface area contributed by atoms with Crippen molar-refractivity contribution in [1.82, 2.24) is 4.90 Å². The molecule has 0 spiro atoms. The Balaban J connectivity index is 1.57. The summed E-state index contributed by atoms with van der Waals surface area (Å²) in [5, 5.41) is 34.3. The molecule has 0 aromatic heterocycles. The molecule has 5 aliphatic rings. The molecule has 5 rings (SSSR count). The van der Waals surface area contributed by atoms with E-state index in [1.165, 1.54) is 6.92 Å². The number of ether oxygens (including phenoxy) is 8. The van der Waals surface area contributed by atoms with Crippen LogP contribution in [0.15, 0.2) is 0 Å². The maximum Gasteiger partial charge on any atom is 0.311 e. The smallest absolute Gasteiger partial charge is 0.311 e. The third-order valence-corrected chi connectivity index (χ3v) is 12.2. The summed E-state index contributed by atoms with van der Waals surface area (Å²) in [6, 6.07) is -0.196. The summed E-state index contributed by atoms with van der Waals surface area (Å²) in [5.74, 6) is -3.34. The Morgan fingerprint density at radius 1 is 1.04 bits per heavy atom. The standard InChI is InChI=1S/C36H63NO12/c1-13-24(38)35(9,41)30-19(4)27-17(2)15-34(8,48-27)29(47-33-26(39)23(37(10)11)14-18(3)43-33)20(5)28(21(6)32(40)46-30)45-25-16-36(42-12)31(49-36)22(7)44-25/h17-31,33,38-39,41H,13-16H2,1-12H3/t17?,18?,19-,20-,21+,22?,23?,24+,25-,26?,27?,28-,29?,30+,31-,33-,34+,35+,36?/m0/s1.